The number of carbonyl (C=O) groups is 1. The zero-order valence-electron chi connectivity index (χ0n) is 12.4. The van der Waals surface area contributed by atoms with Crippen molar-refractivity contribution < 1.29 is 9.53 Å². The second-order valence-electron chi connectivity index (χ2n) is 4.72. The van der Waals surface area contributed by atoms with Crippen LogP contribution in [0.25, 0.3) is 0 Å². The molecule has 0 heterocycles. The van der Waals surface area contributed by atoms with E-state index in [1.54, 1.807) is 31.4 Å². The Morgan fingerprint density at radius 3 is 2.61 bits per heavy atom. The molecule has 0 fully saturated rings. The number of hydrogen-bond donors (Lipinski definition) is 2. The fraction of sp³-hybridized carbons (Fsp3) is 0.125. The molecule has 2 aromatic carbocycles. The maximum Gasteiger partial charge on any atom is 0.257 e. The van der Waals surface area contributed by atoms with Crippen molar-refractivity contribution in [3.8, 4) is 5.75 Å². The zero-order chi connectivity index (χ0) is 17.0. The van der Waals surface area contributed by atoms with E-state index in [0.29, 0.717) is 26.5 Å². The highest BCUT2D eigenvalue weighted by Gasteiger charge is 2.11. The van der Waals surface area contributed by atoms with Gasteiger partial charge in [0.25, 0.3) is 5.91 Å². The average Bonchev–Trinajstić information content (AvgIpc) is 2.50. The molecular weight excluding hydrogens is 400 g/mol. The van der Waals surface area contributed by atoms with Crippen LogP contribution < -0.4 is 15.4 Å². The van der Waals surface area contributed by atoms with Crippen molar-refractivity contribution >= 4 is 56.5 Å². The number of carbonyl (C=O) groups excluding carboxylic acids is 1. The summed E-state index contributed by atoms with van der Waals surface area (Å²) < 4.78 is 5.82. The summed E-state index contributed by atoms with van der Waals surface area (Å²) >= 11 is 14.5. The van der Waals surface area contributed by atoms with Gasteiger partial charge in [0.15, 0.2) is 5.11 Å². The molecule has 2 rings (SSSR count). The van der Waals surface area contributed by atoms with E-state index in [4.69, 9.17) is 28.6 Å². The Morgan fingerprint density at radius 1 is 1.26 bits per heavy atom. The zero-order valence-corrected chi connectivity index (χ0v) is 15.6. The number of halogens is 2. The Labute approximate surface area is 153 Å². The highest BCUT2D eigenvalue weighted by molar-refractivity contribution is 9.10. The molecule has 0 unspecified atom stereocenters. The average molecular weight is 414 g/mol. The van der Waals surface area contributed by atoms with Crippen molar-refractivity contribution in [1.29, 1.82) is 0 Å². The van der Waals surface area contributed by atoms with Gasteiger partial charge in [-0.25, -0.2) is 0 Å². The number of hydrogen-bond acceptors (Lipinski definition) is 3. The summed E-state index contributed by atoms with van der Waals surface area (Å²) in [6, 6.07) is 10.5. The van der Waals surface area contributed by atoms with Crippen molar-refractivity contribution in [1.82, 2.24) is 5.32 Å². The lowest BCUT2D eigenvalue weighted by atomic mass is 10.2. The standard InChI is InChI=1S/C16H14BrClN2O2S/c1-9-3-5-11(8-13(9)18)19-16(23)20-15(21)10-4-6-14(22-2)12(17)7-10/h3-8H,1-2H3,(H2,19,20,21,23). The molecular formula is C16H14BrClN2O2S. The molecule has 1 amide bonds. The quantitative estimate of drug-likeness (QED) is 0.725. The number of rotatable bonds is 3. The van der Waals surface area contributed by atoms with Gasteiger partial charge in [0, 0.05) is 16.3 Å². The van der Waals surface area contributed by atoms with Gasteiger partial charge in [-0.05, 0) is 71.0 Å². The summed E-state index contributed by atoms with van der Waals surface area (Å²) in [5.41, 5.74) is 2.14. The van der Waals surface area contributed by atoms with Crippen molar-refractivity contribution in [2.75, 3.05) is 12.4 Å². The molecule has 120 valence electrons. The van der Waals surface area contributed by atoms with E-state index in [1.165, 1.54) is 0 Å². The Bertz CT molecular complexity index is 768. The number of thiocarbonyl (C=S) groups is 1. The Hall–Kier alpha value is -1.63. The Kier molecular flexibility index (Phi) is 5.98. The lowest BCUT2D eigenvalue weighted by Crippen LogP contribution is -2.34. The van der Waals surface area contributed by atoms with E-state index < -0.39 is 0 Å². The number of methoxy groups -OCH3 is 1. The minimum Gasteiger partial charge on any atom is -0.496 e. The molecule has 23 heavy (non-hydrogen) atoms. The van der Waals surface area contributed by atoms with Gasteiger partial charge in [-0.15, -0.1) is 0 Å². The summed E-state index contributed by atoms with van der Waals surface area (Å²) in [6.45, 7) is 1.91. The summed E-state index contributed by atoms with van der Waals surface area (Å²) in [7, 11) is 1.56. The van der Waals surface area contributed by atoms with Gasteiger partial charge in [0.2, 0.25) is 0 Å². The summed E-state index contributed by atoms with van der Waals surface area (Å²) in [5.74, 6) is 0.334. The predicted octanol–water partition coefficient (Wildman–Crippen LogP) is 4.55. The predicted molar refractivity (Wildman–Crippen MR) is 101 cm³/mol. The van der Waals surface area contributed by atoms with E-state index in [1.807, 2.05) is 19.1 Å². The molecule has 0 aromatic heterocycles. The molecule has 0 radical (unpaired) electrons. The summed E-state index contributed by atoms with van der Waals surface area (Å²) in [5, 5.41) is 6.37. The molecule has 0 bridgehead atoms. The molecule has 2 N–H and O–H groups in total. The fourth-order valence-electron chi connectivity index (χ4n) is 1.82. The van der Waals surface area contributed by atoms with E-state index in [-0.39, 0.29) is 11.0 Å². The van der Waals surface area contributed by atoms with Gasteiger partial charge in [-0.3, -0.25) is 10.1 Å². The number of anilines is 1. The Balaban J connectivity index is 2.03. The largest absolute Gasteiger partial charge is 0.496 e. The van der Waals surface area contributed by atoms with Gasteiger partial charge in [-0.2, -0.15) is 0 Å². The van der Waals surface area contributed by atoms with Crippen LogP contribution in [0.15, 0.2) is 40.9 Å². The van der Waals surface area contributed by atoms with Crippen LogP contribution in [0.2, 0.25) is 5.02 Å². The van der Waals surface area contributed by atoms with Crippen LogP contribution in [-0.2, 0) is 0 Å². The van der Waals surface area contributed by atoms with Crippen LogP contribution in [0.1, 0.15) is 15.9 Å². The number of amides is 1. The van der Waals surface area contributed by atoms with E-state index in [9.17, 15) is 4.79 Å². The van der Waals surface area contributed by atoms with Gasteiger partial charge in [0.05, 0.1) is 11.6 Å². The van der Waals surface area contributed by atoms with Gasteiger partial charge >= 0.3 is 0 Å². The van der Waals surface area contributed by atoms with Crippen LogP contribution in [0.3, 0.4) is 0 Å². The van der Waals surface area contributed by atoms with Gasteiger partial charge in [0.1, 0.15) is 5.75 Å². The molecule has 4 nitrogen and oxygen atoms in total. The SMILES string of the molecule is COc1ccc(C(=O)NC(=S)Nc2ccc(C)c(Cl)c2)cc1Br. The van der Waals surface area contributed by atoms with E-state index in [0.717, 1.165) is 5.56 Å². The van der Waals surface area contributed by atoms with Crippen molar-refractivity contribution in [3.05, 3.63) is 57.0 Å². The monoisotopic (exact) mass is 412 g/mol. The summed E-state index contributed by atoms with van der Waals surface area (Å²) in [4.78, 5) is 12.2. The number of nitrogens with one attached hydrogen (secondary N) is 2. The first-order chi connectivity index (χ1) is 10.9. The minimum absolute atomic E-state index is 0.196. The normalized spacial score (nSPS) is 10.1. The van der Waals surface area contributed by atoms with Crippen molar-refractivity contribution in [2.45, 2.75) is 6.92 Å². The smallest absolute Gasteiger partial charge is 0.257 e. The maximum absolute atomic E-state index is 12.2. The molecule has 7 heteroatoms. The molecule has 0 aliphatic heterocycles. The number of ether oxygens (including phenoxy) is 1. The molecule has 0 atom stereocenters. The second-order valence-corrected chi connectivity index (χ2v) is 6.39. The third-order valence-corrected chi connectivity index (χ3v) is 4.30. The Morgan fingerprint density at radius 2 is 2.00 bits per heavy atom. The second kappa shape index (κ2) is 7.77. The van der Waals surface area contributed by atoms with Gasteiger partial charge in [-0.1, -0.05) is 17.7 Å². The highest BCUT2D eigenvalue weighted by atomic mass is 79.9. The highest BCUT2D eigenvalue weighted by Crippen LogP contribution is 2.25. The third-order valence-electron chi connectivity index (χ3n) is 3.07. The molecule has 0 spiro atoms. The van der Waals surface area contributed by atoms with Crippen LogP contribution in [0.5, 0.6) is 5.75 Å². The van der Waals surface area contributed by atoms with Gasteiger partial charge < -0.3 is 10.1 Å². The van der Waals surface area contributed by atoms with Crippen molar-refractivity contribution in [2.24, 2.45) is 0 Å². The van der Waals surface area contributed by atoms with Crippen LogP contribution in [-0.4, -0.2) is 18.1 Å². The molecule has 0 aliphatic carbocycles. The maximum atomic E-state index is 12.2. The van der Waals surface area contributed by atoms with E-state index in [2.05, 4.69) is 26.6 Å². The lowest BCUT2D eigenvalue weighted by Gasteiger charge is -2.11. The first-order valence-electron chi connectivity index (χ1n) is 6.62. The van der Waals surface area contributed by atoms with Crippen LogP contribution in [0, 0.1) is 6.92 Å². The number of benzene rings is 2. The van der Waals surface area contributed by atoms with Crippen LogP contribution in [0.4, 0.5) is 5.69 Å². The lowest BCUT2D eigenvalue weighted by molar-refractivity contribution is 0.0977. The van der Waals surface area contributed by atoms with Crippen LogP contribution >= 0.6 is 39.7 Å². The first-order valence-corrected chi connectivity index (χ1v) is 8.20. The molecule has 0 saturated carbocycles. The van der Waals surface area contributed by atoms with Crippen molar-refractivity contribution in [3.63, 3.8) is 0 Å². The molecule has 0 aliphatic rings. The topological polar surface area (TPSA) is 50.4 Å². The molecule has 0 saturated heterocycles. The fourth-order valence-corrected chi connectivity index (χ4v) is 2.75. The molecule has 2 aromatic rings. The number of aryl methyl sites for hydroxylation is 1. The minimum atomic E-state index is -0.316. The first kappa shape index (κ1) is 17.7. The third kappa shape index (κ3) is 4.67. The summed E-state index contributed by atoms with van der Waals surface area (Å²) in [6.07, 6.45) is 0. The van der Waals surface area contributed by atoms with E-state index >= 15 is 0 Å².